The van der Waals surface area contributed by atoms with Gasteiger partial charge in [0.15, 0.2) is 0 Å². The molecule has 0 bridgehead atoms. The molecule has 1 aromatic carbocycles. The molecule has 2 rings (SSSR count). The van der Waals surface area contributed by atoms with Crippen molar-refractivity contribution >= 4 is 23.3 Å². The average molecular weight is 363 g/mol. The van der Waals surface area contributed by atoms with Gasteiger partial charge in [-0.3, -0.25) is 14.9 Å². The van der Waals surface area contributed by atoms with Crippen molar-refractivity contribution in [2.75, 3.05) is 18.0 Å². The number of carbonyl (C=O) groups excluding carboxylic acids is 1. The zero-order valence-corrected chi connectivity index (χ0v) is 15.3. The third kappa shape index (κ3) is 4.50. The van der Waals surface area contributed by atoms with Crippen molar-refractivity contribution in [3.63, 3.8) is 0 Å². The lowest BCUT2D eigenvalue weighted by molar-refractivity contribution is -0.384. The average Bonchev–Trinajstić information content (AvgIpc) is 2.57. The van der Waals surface area contributed by atoms with Crippen LogP contribution in [0.15, 0.2) is 18.2 Å². The van der Waals surface area contributed by atoms with Crippen LogP contribution < -0.4 is 10.2 Å². The van der Waals surface area contributed by atoms with E-state index < -0.39 is 22.8 Å². The smallest absolute Gasteiger partial charge is 0.326 e. The van der Waals surface area contributed by atoms with E-state index in [4.69, 9.17) is 5.11 Å². The normalized spacial score (nSPS) is 21.1. The Hall–Kier alpha value is -2.64. The van der Waals surface area contributed by atoms with Gasteiger partial charge in [-0.25, -0.2) is 4.79 Å². The number of carboxylic acids is 1. The van der Waals surface area contributed by atoms with Gasteiger partial charge in [-0.2, -0.15) is 0 Å². The molecule has 1 aromatic rings. The summed E-state index contributed by atoms with van der Waals surface area (Å²) in [6, 6.07) is 3.30. The van der Waals surface area contributed by atoms with Crippen molar-refractivity contribution in [2.24, 2.45) is 11.8 Å². The quantitative estimate of drug-likeness (QED) is 0.593. The van der Waals surface area contributed by atoms with E-state index in [9.17, 15) is 19.7 Å². The summed E-state index contributed by atoms with van der Waals surface area (Å²) < 4.78 is 0. The van der Waals surface area contributed by atoms with Crippen molar-refractivity contribution in [1.82, 2.24) is 5.32 Å². The third-order valence-electron chi connectivity index (χ3n) is 4.66. The van der Waals surface area contributed by atoms with Gasteiger partial charge in [-0.1, -0.05) is 20.8 Å². The number of amides is 1. The second-order valence-electron chi connectivity index (χ2n) is 7.08. The number of nitro groups is 1. The fraction of sp³-hybridized carbons (Fsp3) is 0.556. The number of carboxylic acid groups (broad SMARTS) is 1. The van der Waals surface area contributed by atoms with Crippen LogP contribution in [0.4, 0.5) is 11.4 Å². The van der Waals surface area contributed by atoms with E-state index in [1.54, 1.807) is 13.0 Å². The summed E-state index contributed by atoms with van der Waals surface area (Å²) in [7, 11) is 0. The predicted molar refractivity (Wildman–Crippen MR) is 97.4 cm³/mol. The Labute approximate surface area is 152 Å². The standard InChI is InChI=1S/C18H25N3O5/c1-4-14(18(23)24)19-17(22)13-5-6-15(16(8-13)21(25)26)20-9-11(2)7-12(3)10-20/h5-6,8,11-12,14H,4,7,9-10H2,1-3H3,(H,19,22)(H,23,24). The van der Waals surface area contributed by atoms with Crippen LogP contribution in [0.5, 0.6) is 0 Å². The van der Waals surface area contributed by atoms with Crippen molar-refractivity contribution in [3.05, 3.63) is 33.9 Å². The van der Waals surface area contributed by atoms with Crippen LogP contribution in [0, 0.1) is 22.0 Å². The Bertz CT molecular complexity index is 696. The van der Waals surface area contributed by atoms with Gasteiger partial charge in [-0.05, 0) is 36.8 Å². The van der Waals surface area contributed by atoms with Gasteiger partial charge in [0.1, 0.15) is 11.7 Å². The minimum atomic E-state index is -1.14. The van der Waals surface area contributed by atoms with Gasteiger partial charge in [0.05, 0.1) is 4.92 Å². The number of hydrogen-bond acceptors (Lipinski definition) is 5. The second-order valence-corrected chi connectivity index (χ2v) is 7.08. The molecule has 0 aliphatic carbocycles. The highest BCUT2D eigenvalue weighted by molar-refractivity contribution is 5.97. The molecule has 3 unspecified atom stereocenters. The predicted octanol–water partition coefficient (Wildman–Crippen LogP) is 2.67. The Balaban J connectivity index is 2.30. The first kappa shape index (κ1) is 19.7. The van der Waals surface area contributed by atoms with Crippen LogP contribution in [0.3, 0.4) is 0 Å². The zero-order chi connectivity index (χ0) is 19.4. The molecule has 0 saturated carbocycles. The van der Waals surface area contributed by atoms with E-state index in [0.29, 0.717) is 17.5 Å². The first-order chi connectivity index (χ1) is 12.2. The van der Waals surface area contributed by atoms with Crippen LogP contribution in [-0.4, -0.2) is 41.0 Å². The molecule has 1 aliphatic heterocycles. The van der Waals surface area contributed by atoms with Crippen molar-refractivity contribution in [1.29, 1.82) is 0 Å². The molecule has 8 heteroatoms. The van der Waals surface area contributed by atoms with Gasteiger partial charge < -0.3 is 15.3 Å². The maximum atomic E-state index is 12.3. The van der Waals surface area contributed by atoms with Crippen LogP contribution in [-0.2, 0) is 4.79 Å². The number of carbonyl (C=O) groups is 2. The summed E-state index contributed by atoms with van der Waals surface area (Å²) in [5.41, 5.74) is 0.441. The highest BCUT2D eigenvalue weighted by Crippen LogP contribution is 2.33. The monoisotopic (exact) mass is 363 g/mol. The molecule has 142 valence electrons. The number of nitrogens with zero attached hydrogens (tertiary/aromatic N) is 2. The maximum Gasteiger partial charge on any atom is 0.326 e. The first-order valence-corrected chi connectivity index (χ1v) is 8.80. The minimum Gasteiger partial charge on any atom is -0.480 e. The molecule has 1 aliphatic rings. The number of anilines is 1. The van der Waals surface area contributed by atoms with Gasteiger partial charge in [-0.15, -0.1) is 0 Å². The lowest BCUT2D eigenvalue weighted by atomic mass is 9.91. The van der Waals surface area contributed by atoms with Crippen LogP contribution in [0.25, 0.3) is 0 Å². The molecule has 0 radical (unpaired) electrons. The largest absolute Gasteiger partial charge is 0.480 e. The number of benzene rings is 1. The molecule has 1 fully saturated rings. The Kier molecular flexibility index (Phi) is 6.18. The number of nitro benzene ring substituents is 1. The molecule has 1 heterocycles. The van der Waals surface area contributed by atoms with Crippen LogP contribution >= 0.6 is 0 Å². The van der Waals surface area contributed by atoms with E-state index in [2.05, 4.69) is 19.2 Å². The van der Waals surface area contributed by atoms with Gasteiger partial charge in [0.2, 0.25) is 0 Å². The Morgan fingerprint density at radius 1 is 1.35 bits per heavy atom. The van der Waals surface area contributed by atoms with Gasteiger partial charge in [0, 0.05) is 24.7 Å². The second kappa shape index (κ2) is 8.16. The lowest BCUT2D eigenvalue weighted by Gasteiger charge is -2.36. The maximum absolute atomic E-state index is 12.3. The topological polar surface area (TPSA) is 113 Å². The number of nitrogens with one attached hydrogen (secondary N) is 1. The van der Waals surface area contributed by atoms with E-state index in [0.717, 1.165) is 19.5 Å². The fourth-order valence-electron chi connectivity index (χ4n) is 3.52. The highest BCUT2D eigenvalue weighted by Gasteiger charge is 2.28. The number of rotatable bonds is 6. The van der Waals surface area contributed by atoms with Crippen LogP contribution in [0.1, 0.15) is 44.0 Å². The molecule has 2 N–H and O–H groups in total. The molecule has 1 saturated heterocycles. The molecule has 1 amide bonds. The molecule has 26 heavy (non-hydrogen) atoms. The molecule has 0 spiro atoms. The number of aliphatic carboxylic acids is 1. The first-order valence-electron chi connectivity index (χ1n) is 8.80. The zero-order valence-electron chi connectivity index (χ0n) is 15.3. The van der Waals surface area contributed by atoms with E-state index in [1.165, 1.54) is 12.1 Å². The van der Waals surface area contributed by atoms with Crippen molar-refractivity contribution in [3.8, 4) is 0 Å². The van der Waals surface area contributed by atoms with E-state index in [-0.39, 0.29) is 17.7 Å². The molecular weight excluding hydrogens is 338 g/mol. The summed E-state index contributed by atoms with van der Waals surface area (Å²) in [5.74, 6) is -0.901. The molecule has 3 atom stereocenters. The van der Waals surface area contributed by atoms with Gasteiger partial charge in [0.25, 0.3) is 11.6 Å². The summed E-state index contributed by atoms with van der Waals surface area (Å²) in [6.07, 6.45) is 1.31. The van der Waals surface area contributed by atoms with Crippen molar-refractivity contribution < 1.29 is 19.6 Å². The third-order valence-corrected chi connectivity index (χ3v) is 4.66. The SMILES string of the molecule is CCC(NC(=O)c1ccc(N2CC(C)CC(C)C2)c([N+](=O)[O-])c1)C(=O)O. The van der Waals surface area contributed by atoms with Crippen molar-refractivity contribution in [2.45, 2.75) is 39.7 Å². The van der Waals surface area contributed by atoms with Gasteiger partial charge >= 0.3 is 5.97 Å². The summed E-state index contributed by atoms with van der Waals surface area (Å²) in [5, 5.41) is 23.0. The number of hydrogen-bond donors (Lipinski definition) is 2. The molecule has 0 aromatic heterocycles. The molecule has 8 nitrogen and oxygen atoms in total. The van der Waals surface area contributed by atoms with E-state index >= 15 is 0 Å². The minimum absolute atomic E-state index is 0.0817. The summed E-state index contributed by atoms with van der Waals surface area (Å²) in [6.45, 7) is 7.34. The van der Waals surface area contributed by atoms with Crippen LogP contribution in [0.2, 0.25) is 0 Å². The summed E-state index contributed by atoms with van der Waals surface area (Å²) in [4.78, 5) is 36.4. The molecular formula is C18H25N3O5. The fourth-order valence-corrected chi connectivity index (χ4v) is 3.52. The highest BCUT2D eigenvalue weighted by atomic mass is 16.6. The Morgan fingerprint density at radius 2 is 1.96 bits per heavy atom. The lowest BCUT2D eigenvalue weighted by Crippen LogP contribution is -2.40. The summed E-state index contributed by atoms with van der Waals surface area (Å²) >= 11 is 0. The van der Waals surface area contributed by atoms with E-state index in [1.807, 2.05) is 4.90 Å². The number of piperidine rings is 1. The Morgan fingerprint density at radius 3 is 2.46 bits per heavy atom.